The highest BCUT2D eigenvalue weighted by Gasteiger charge is 2.42. The van der Waals surface area contributed by atoms with Gasteiger partial charge in [0.25, 0.3) is 0 Å². The first-order valence-corrected chi connectivity index (χ1v) is 13.6. The molecule has 3 aliphatic rings. The van der Waals surface area contributed by atoms with Crippen LogP contribution >= 0.6 is 23.4 Å². The molecule has 1 aromatic rings. The van der Waals surface area contributed by atoms with Crippen molar-refractivity contribution in [1.82, 2.24) is 9.80 Å². The van der Waals surface area contributed by atoms with Crippen molar-refractivity contribution in [2.24, 2.45) is 10.9 Å². The number of alkyl halides is 1. The van der Waals surface area contributed by atoms with Crippen LogP contribution in [0.25, 0.3) is 0 Å². The molecule has 3 heterocycles. The lowest BCUT2D eigenvalue weighted by Crippen LogP contribution is -2.44. The third-order valence-electron chi connectivity index (χ3n) is 6.85. The molecular formula is C27H33ClF2N4S. The molecule has 1 N–H and O–H groups in total. The molecule has 0 radical (unpaired) electrons. The lowest BCUT2D eigenvalue weighted by atomic mass is 9.90. The Kier molecular flexibility index (Phi) is 8.38. The van der Waals surface area contributed by atoms with Crippen LogP contribution in [0.15, 0.2) is 58.2 Å². The lowest BCUT2D eigenvalue weighted by molar-refractivity contribution is 0.335. The predicted molar refractivity (Wildman–Crippen MR) is 143 cm³/mol. The van der Waals surface area contributed by atoms with Crippen molar-refractivity contribution >= 4 is 34.9 Å². The molecule has 8 heteroatoms. The number of hydrogen-bond acceptors (Lipinski definition) is 5. The number of hydrogen-bond donors (Lipinski definition) is 1. The number of fused-ring (bicyclic) bond motifs is 1. The van der Waals surface area contributed by atoms with Gasteiger partial charge in [-0.1, -0.05) is 48.8 Å². The Bertz CT molecular complexity index is 1080. The average molecular weight is 519 g/mol. The number of likely N-dealkylation sites (N-methyl/N-ethyl adjacent to an activating group) is 1. The van der Waals surface area contributed by atoms with E-state index in [1.807, 2.05) is 25.4 Å². The second-order valence-electron chi connectivity index (χ2n) is 9.47. The van der Waals surface area contributed by atoms with E-state index >= 15 is 0 Å². The topological polar surface area (TPSA) is 42.7 Å². The molecule has 4 rings (SSSR count). The summed E-state index contributed by atoms with van der Waals surface area (Å²) in [4.78, 5) is 9.65. The first-order chi connectivity index (χ1) is 16.8. The number of nitrogens with zero attached hydrogens (tertiary/aromatic N) is 3. The molecule has 35 heavy (non-hydrogen) atoms. The minimum atomic E-state index is -0.817. The maximum Gasteiger partial charge on any atom is 0.138 e. The summed E-state index contributed by atoms with van der Waals surface area (Å²) in [5.74, 6) is 1.03. The Hall–Kier alpha value is -2.12. The van der Waals surface area contributed by atoms with E-state index in [2.05, 4.69) is 22.1 Å². The normalized spacial score (nSPS) is 25.0. The summed E-state index contributed by atoms with van der Waals surface area (Å²) in [5, 5.41) is 11.4. The van der Waals surface area contributed by atoms with Gasteiger partial charge in [-0.3, -0.25) is 4.99 Å². The van der Waals surface area contributed by atoms with Crippen LogP contribution in [0.5, 0.6) is 0 Å². The summed E-state index contributed by atoms with van der Waals surface area (Å²) in [6.07, 6.45) is 8.86. The SMILES string of the molecule is CC[C@H]1CC2=C(C(=N)/C=C\CCCC(C)F)[C@H](c3ccc(F)cc3Cl)N=C(C3SC=CN3C)N2C1. The van der Waals surface area contributed by atoms with Crippen LogP contribution in [0.2, 0.25) is 5.02 Å². The van der Waals surface area contributed by atoms with Gasteiger partial charge in [-0.15, -0.1) is 0 Å². The first-order valence-electron chi connectivity index (χ1n) is 12.3. The van der Waals surface area contributed by atoms with Gasteiger partial charge in [-0.05, 0) is 62.1 Å². The minimum absolute atomic E-state index is 0.0382. The monoisotopic (exact) mass is 518 g/mol. The van der Waals surface area contributed by atoms with Gasteiger partial charge in [0.05, 0.1) is 11.9 Å². The van der Waals surface area contributed by atoms with Gasteiger partial charge >= 0.3 is 0 Å². The molecule has 1 fully saturated rings. The van der Waals surface area contributed by atoms with Crippen molar-refractivity contribution in [2.75, 3.05) is 13.6 Å². The number of amidine groups is 1. The molecule has 1 saturated heterocycles. The number of thioether (sulfide) groups is 1. The molecule has 2 unspecified atom stereocenters. The summed E-state index contributed by atoms with van der Waals surface area (Å²) < 4.78 is 27.1. The molecule has 4 atom stereocenters. The van der Waals surface area contributed by atoms with Crippen LogP contribution in [0, 0.1) is 17.1 Å². The molecule has 0 spiro atoms. The minimum Gasteiger partial charge on any atom is -0.361 e. The Morgan fingerprint density at radius 3 is 2.86 bits per heavy atom. The van der Waals surface area contributed by atoms with Crippen LogP contribution in [0.3, 0.4) is 0 Å². The molecule has 3 aliphatic heterocycles. The lowest BCUT2D eigenvalue weighted by Gasteiger charge is -2.37. The molecule has 188 valence electrons. The number of benzene rings is 1. The molecule has 0 aliphatic carbocycles. The molecule has 1 aromatic carbocycles. The van der Waals surface area contributed by atoms with Crippen molar-refractivity contribution in [3.8, 4) is 0 Å². The van der Waals surface area contributed by atoms with E-state index < -0.39 is 18.0 Å². The van der Waals surface area contributed by atoms with E-state index in [4.69, 9.17) is 22.0 Å². The summed E-state index contributed by atoms with van der Waals surface area (Å²) in [6.45, 7) is 4.64. The second-order valence-corrected chi connectivity index (χ2v) is 10.9. The zero-order chi connectivity index (χ0) is 25.1. The summed E-state index contributed by atoms with van der Waals surface area (Å²) in [7, 11) is 2.04. The molecule has 0 saturated carbocycles. The maximum absolute atomic E-state index is 13.9. The number of allylic oxidation sites excluding steroid dienone is 3. The van der Waals surface area contributed by atoms with Crippen molar-refractivity contribution in [3.63, 3.8) is 0 Å². The quantitative estimate of drug-likeness (QED) is 0.272. The van der Waals surface area contributed by atoms with Gasteiger partial charge in [0.2, 0.25) is 0 Å². The Morgan fingerprint density at radius 2 is 2.20 bits per heavy atom. The third-order valence-corrected chi connectivity index (χ3v) is 8.25. The first kappa shape index (κ1) is 26.0. The van der Waals surface area contributed by atoms with Gasteiger partial charge in [0.15, 0.2) is 0 Å². The smallest absolute Gasteiger partial charge is 0.138 e. The number of nitrogens with one attached hydrogen (secondary N) is 1. The van der Waals surface area contributed by atoms with Crippen molar-refractivity contribution < 1.29 is 8.78 Å². The van der Waals surface area contributed by atoms with Gasteiger partial charge in [-0.2, -0.15) is 0 Å². The Morgan fingerprint density at radius 1 is 1.40 bits per heavy atom. The number of rotatable bonds is 9. The highest BCUT2D eigenvalue weighted by Crippen LogP contribution is 2.45. The summed E-state index contributed by atoms with van der Waals surface area (Å²) in [6, 6.07) is 3.93. The van der Waals surface area contributed by atoms with Gasteiger partial charge in [0.1, 0.15) is 23.1 Å². The molecule has 0 amide bonds. The zero-order valence-electron chi connectivity index (χ0n) is 20.5. The Labute approximate surface area is 216 Å². The average Bonchev–Trinajstić information content (AvgIpc) is 3.43. The van der Waals surface area contributed by atoms with E-state index in [9.17, 15) is 8.78 Å². The number of unbranched alkanes of at least 4 members (excludes halogenated alkanes) is 1. The van der Waals surface area contributed by atoms with Gasteiger partial charge < -0.3 is 15.2 Å². The molecule has 0 aromatic heterocycles. The van der Waals surface area contributed by atoms with Crippen LogP contribution in [-0.4, -0.2) is 46.5 Å². The van der Waals surface area contributed by atoms with Crippen molar-refractivity contribution in [1.29, 1.82) is 5.41 Å². The van der Waals surface area contributed by atoms with Crippen LogP contribution in [-0.2, 0) is 0 Å². The van der Waals surface area contributed by atoms with E-state index in [1.54, 1.807) is 24.8 Å². The fraction of sp³-hybridized carbons (Fsp3) is 0.481. The largest absolute Gasteiger partial charge is 0.361 e. The van der Waals surface area contributed by atoms with E-state index in [-0.39, 0.29) is 5.37 Å². The van der Waals surface area contributed by atoms with E-state index in [1.165, 1.54) is 12.1 Å². The standard InChI is InChI=1S/C27H33ClF2N4S/c1-4-18-14-23-24(22(31)9-7-5-6-8-17(2)29)25(20-11-10-19(30)15-21(20)28)32-26(34(23)16-18)27-33(3)12-13-35-27/h7,9-13,15,17-18,25,27,31H,4-6,8,14,16H2,1-3H3/b9-7-,31-22?/t17?,18-,25-,27?/m0/s1. The summed E-state index contributed by atoms with van der Waals surface area (Å²) in [5.41, 5.74) is 3.02. The highest BCUT2D eigenvalue weighted by atomic mass is 35.5. The van der Waals surface area contributed by atoms with Gasteiger partial charge in [-0.25, -0.2) is 8.78 Å². The molecule has 0 bridgehead atoms. The van der Waals surface area contributed by atoms with Crippen molar-refractivity contribution in [2.45, 2.75) is 63.5 Å². The van der Waals surface area contributed by atoms with E-state index in [0.717, 1.165) is 42.9 Å². The third kappa shape index (κ3) is 5.67. The van der Waals surface area contributed by atoms with Crippen LogP contribution in [0.1, 0.15) is 57.6 Å². The highest BCUT2D eigenvalue weighted by molar-refractivity contribution is 8.03. The molecule has 4 nitrogen and oxygen atoms in total. The van der Waals surface area contributed by atoms with Crippen LogP contribution < -0.4 is 0 Å². The Balaban J connectivity index is 1.75. The fourth-order valence-electron chi connectivity index (χ4n) is 4.88. The fourth-order valence-corrected chi connectivity index (χ4v) is 6.13. The second kappa shape index (κ2) is 11.3. The summed E-state index contributed by atoms with van der Waals surface area (Å²) >= 11 is 8.25. The number of aliphatic imine (C=N–C) groups is 1. The zero-order valence-corrected chi connectivity index (χ0v) is 22.0. The number of halogens is 3. The van der Waals surface area contributed by atoms with Crippen LogP contribution in [0.4, 0.5) is 8.78 Å². The van der Waals surface area contributed by atoms with Gasteiger partial charge in [0, 0.05) is 41.6 Å². The predicted octanol–water partition coefficient (Wildman–Crippen LogP) is 7.50. The van der Waals surface area contributed by atoms with E-state index in [0.29, 0.717) is 35.1 Å². The molecular weight excluding hydrogens is 486 g/mol. The maximum atomic E-state index is 13.9. The van der Waals surface area contributed by atoms with Crippen molar-refractivity contribution in [3.05, 3.63) is 69.6 Å².